The van der Waals surface area contributed by atoms with Crippen LogP contribution in [-0.4, -0.2) is 10.8 Å². The second-order valence-electron chi connectivity index (χ2n) is 3.19. The van der Waals surface area contributed by atoms with Crippen LogP contribution in [0.25, 0.3) is 0 Å². The van der Waals surface area contributed by atoms with E-state index in [1.807, 2.05) is 17.5 Å². The Bertz CT molecular complexity index is 507. The summed E-state index contributed by atoms with van der Waals surface area (Å²) < 4.78 is 1.90. The van der Waals surface area contributed by atoms with Crippen LogP contribution >= 0.6 is 43.2 Å². The second kappa shape index (κ2) is 5.21. The Hall–Kier alpha value is -0.520. The monoisotopic (exact) mass is 359 g/mol. The van der Waals surface area contributed by atoms with Gasteiger partial charge in [0.15, 0.2) is 5.78 Å². The SMILES string of the molecule is O=C(Cc1cc(Br)cs1)c1ccc(Br)cn1. The van der Waals surface area contributed by atoms with Gasteiger partial charge in [-0.1, -0.05) is 0 Å². The first-order valence-corrected chi connectivity index (χ1v) is 6.99. The number of pyridine rings is 1. The lowest BCUT2D eigenvalue weighted by atomic mass is 10.2. The number of hydrogen-bond acceptors (Lipinski definition) is 3. The van der Waals surface area contributed by atoms with Crippen LogP contribution in [0.5, 0.6) is 0 Å². The van der Waals surface area contributed by atoms with Crippen molar-refractivity contribution in [2.45, 2.75) is 6.42 Å². The van der Waals surface area contributed by atoms with Crippen LogP contribution in [0.1, 0.15) is 15.4 Å². The van der Waals surface area contributed by atoms with Crippen molar-refractivity contribution in [2.75, 3.05) is 0 Å². The van der Waals surface area contributed by atoms with Crippen molar-refractivity contribution in [3.8, 4) is 0 Å². The first-order valence-electron chi connectivity index (χ1n) is 4.53. The van der Waals surface area contributed by atoms with E-state index in [0.29, 0.717) is 12.1 Å². The van der Waals surface area contributed by atoms with Gasteiger partial charge in [0.1, 0.15) is 5.69 Å². The molecule has 2 rings (SSSR count). The number of rotatable bonds is 3. The Balaban J connectivity index is 2.11. The lowest BCUT2D eigenvalue weighted by molar-refractivity contribution is 0.0989. The van der Waals surface area contributed by atoms with Gasteiger partial charge in [0, 0.05) is 31.8 Å². The molecule has 0 fully saturated rings. The molecule has 2 heterocycles. The number of ketones is 1. The van der Waals surface area contributed by atoms with Crippen LogP contribution < -0.4 is 0 Å². The van der Waals surface area contributed by atoms with Gasteiger partial charge in [-0.25, -0.2) is 0 Å². The normalized spacial score (nSPS) is 10.4. The average Bonchev–Trinajstić information content (AvgIpc) is 2.65. The molecule has 0 saturated carbocycles. The standard InChI is InChI=1S/C11H7Br2NOS/c12-7-1-2-10(14-5-7)11(15)4-9-3-8(13)6-16-9/h1-3,5-6H,4H2. The highest BCUT2D eigenvalue weighted by atomic mass is 79.9. The summed E-state index contributed by atoms with van der Waals surface area (Å²) in [6.45, 7) is 0. The predicted molar refractivity (Wildman–Crippen MR) is 72.0 cm³/mol. The number of carbonyl (C=O) groups excluding carboxylic acids is 1. The summed E-state index contributed by atoms with van der Waals surface area (Å²) in [6, 6.07) is 5.51. The maximum atomic E-state index is 11.8. The fourth-order valence-corrected chi connectivity index (χ4v) is 2.92. The molecule has 0 amide bonds. The van der Waals surface area contributed by atoms with Crippen LogP contribution in [0.3, 0.4) is 0 Å². The van der Waals surface area contributed by atoms with Gasteiger partial charge in [-0.05, 0) is 50.1 Å². The van der Waals surface area contributed by atoms with Crippen LogP contribution in [0.15, 0.2) is 38.7 Å². The first kappa shape index (κ1) is 12.0. The van der Waals surface area contributed by atoms with E-state index in [-0.39, 0.29) is 5.78 Å². The third-order valence-electron chi connectivity index (χ3n) is 1.97. The topological polar surface area (TPSA) is 30.0 Å². The summed E-state index contributed by atoms with van der Waals surface area (Å²) in [5, 5.41) is 1.97. The molecular weight excluding hydrogens is 354 g/mol. The van der Waals surface area contributed by atoms with E-state index in [1.54, 1.807) is 23.6 Å². The Morgan fingerprint density at radius 2 is 2.12 bits per heavy atom. The minimum Gasteiger partial charge on any atom is -0.292 e. The van der Waals surface area contributed by atoms with Crippen molar-refractivity contribution < 1.29 is 4.79 Å². The van der Waals surface area contributed by atoms with Gasteiger partial charge in [-0.2, -0.15) is 0 Å². The van der Waals surface area contributed by atoms with E-state index in [4.69, 9.17) is 0 Å². The Morgan fingerprint density at radius 3 is 2.69 bits per heavy atom. The van der Waals surface area contributed by atoms with Gasteiger partial charge >= 0.3 is 0 Å². The van der Waals surface area contributed by atoms with E-state index < -0.39 is 0 Å². The van der Waals surface area contributed by atoms with Gasteiger partial charge in [-0.15, -0.1) is 11.3 Å². The number of hydrogen-bond donors (Lipinski definition) is 0. The second-order valence-corrected chi connectivity index (χ2v) is 6.02. The molecule has 0 aliphatic rings. The highest BCUT2D eigenvalue weighted by Gasteiger charge is 2.09. The van der Waals surface area contributed by atoms with Crippen LogP contribution in [-0.2, 0) is 6.42 Å². The summed E-state index contributed by atoms with van der Waals surface area (Å²) in [6.07, 6.45) is 2.04. The largest absolute Gasteiger partial charge is 0.292 e. The molecule has 0 aliphatic heterocycles. The molecule has 0 unspecified atom stereocenters. The average molecular weight is 361 g/mol. The maximum absolute atomic E-state index is 11.8. The minimum atomic E-state index is 0.0434. The van der Waals surface area contributed by atoms with Crippen molar-refractivity contribution in [1.82, 2.24) is 4.98 Å². The van der Waals surface area contributed by atoms with Gasteiger partial charge < -0.3 is 0 Å². The molecule has 0 saturated heterocycles. The first-order chi connectivity index (χ1) is 7.65. The van der Waals surface area contributed by atoms with E-state index in [1.165, 1.54) is 0 Å². The zero-order chi connectivity index (χ0) is 11.5. The van der Waals surface area contributed by atoms with Gasteiger partial charge in [-0.3, -0.25) is 9.78 Å². The zero-order valence-electron chi connectivity index (χ0n) is 8.11. The van der Waals surface area contributed by atoms with Crippen molar-refractivity contribution in [1.29, 1.82) is 0 Å². The molecule has 2 nitrogen and oxygen atoms in total. The quantitative estimate of drug-likeness (QED) is 0.771. The molecule has 5 heteroatoms. The highest BCUT2D eigenvalue weighted by molar-refractivity contribution is 9.10. The third-order valence-corrected chi connectivity index (χ3v) is 4.14. The van der Waals surface area contributed by atoms with E-state index >= 15 is 0 Å². The summed E-state index contributed by atoms with van der Waals surface area (Å²) >= 11 is 8.22. The van der Waals surface area contributed by atoms with E-state index in [0.717, 1.165) is 13.8 Å². The van der Waals surface area contributed by atoms with Crippen LogP contribution in [0.4, 0.5) is 0 Å². The fourth-order valence-electron chi connectivity index (χ4n) is 1.24. The number of carbonyl (C=O) groups is 1. The van der Waals surface area contributed by atoms with Crippen molar-refractivity contribution in [3.05, 3.63) is 49.3 Å². The number of thiophene rings is 1. The number of halogens is 2. The molecule has 16 heavy (non-hydrogen) atoms. The maximum Gasteiger partial charge on any atom is 0.186 e. The summed E-state index contributed by atoms with van der Waals surface area (Å²) in [7, 11) is 0. The number of aromatic nitrogens is 1. The Labute approximate surface area is 114 Å². The fraction of sp³-hybridized carbons (Fsp3) is 0.0909. The smallest absolute Gasteiger partial charge is 0.186 e. The van der Waals surface area contributed by atoms with Crippen molar-refractivity contribution in [2.24, 2.45) is 0 Å². The Morgan fingerprint density at radius 1 is 1.31 bits per heavy atom. The molecule has 0 spiro atoms. The predicted octanol–water partition coefficient (Wildman–Crippen LogP) is 4.09. The minimum absolute atomic E-state index is 0.0434. The molecule has 0 radical (unpaired) electrons. The lowest BCUT2D eigenvalue weighted by Crippen LogP contribution is -2.04. The molecule has 0 N–H and O–H groups in total. The van der Waals surface area contributed by atoms with Crippen molar-refractivity contribution >= 4 is 49.0 Å². The lowest BCUT2D eigenvalue weighted by Gasteiger charge is -1.98. The summed E-state index contributed by atoms with van der Waals surface area (Å²) in [4.78, 5) is 17.0. The summed E-state index contributed by atoms with van der Waals surface area (Å²) in [5.41, 5.74) is 0.507. The van der Waals surface area contributed by atoms with Crippen LogP contribution in [0.2, 0.25) is 0 Å². The van der Waals surface area contributed by atoms with E-state index in [2.05, 4.69) is 36.8 Å². The van der Waals surface area contributed by atoms with Gasteiger partial charge in [0.05, 0.1) is 0 Å². The van der Waals surface area contributed by atoms with E-state index in [9.17, 15) is 4.79 Å². The third kappa shape index (κ3) is 2.99. The number of Topliss-reactive ketones (excluding diaryl/α,β-unsaturated/α-hetero) is 1. The molecular formula is C11H7Br2NOS. The van der Waals surface area contributed by atoms with Crippen molar-refractivity contribution in [3.63, 3.8) is 0 Å². The molecule has 0 aliphatic carbocycles. The molecule has 0 bridgehead atoms. The molecule has 0 atom stereocenters. The van der Waals surface area contributed by atoms with Crippen LogP contribution in [0, 0.1) is 0 Å². The van der Waals surface area contributed by atoms with Gasteiger partial charge in [0.2, 0.25) is 0 Å². The molecule has 2 aromatic heterocycles. The molecule has 0 aromatic carbocycles. The summed E-state index contributed by atoms with van der Waals surface area (Å²) in [5.74, 6) is 0.0434. The highest BCUT2D eigenvalue weighted by Crippen LogP contribution is 2.21. The molecule has 82 valence electrons. The Kier molecular flexibility index (Phi) is 3.89. The zero-order valence-corrected chi connectivity index (χ0v) is 12.1. The molecule has 2 aromatic rings. The van der Waals surface area contributed by atoms with Gasteiger partial charge in [0.25, 0.3) is 0 Å². The number of nitrogens with zero attached hydrogens (tertiary/aromatic N) is 1.